The minimum atomic E-state index is -0.261. The highest BCUT2D eigenvalue weighted by Crippen LogP contribution is 2.38. The van der Waals surface area contributed by atoms with E-state index in [2.05, 4.69) is 15.3 Å². The Hall–Kier alpha value is -3.55. The van der Waals surface area contributed by atoms with Crippen molar-refractivity contribution >= 4 is 23.5 Å². The third-order valence-electron chi connectivity index (χ3n) is 5.93. The van der Waals surface area contributed by atoms with Crippen molar-refractivity contribution in [1.29, 1.82) is 0 Å². The Kier molecular flexibility index (Phi) is 4.77. The third kappa shape index (κ3) is 3.58. The van der Waals surface area contributed by atoms with E-state index in [1.807, 2.05) is 25.1 Å². The molecule has 8 nitrogen and oxygen atoms in total. The van der Waals surface area contributed by atoms with Crippen LogP contribution < -0.4 is 5.32 Å². The SMILES string of the molecule is Cc1cc(-c2cccnc2)cnc1NC(=O)CN1CCCC2=C1C(=O)N(C1CC1)C2=O. The Balaban J connectivity index is 1.29. The normalized spacial score (nSPS) is 18.5. The summed E-state index contributed by atoms with van der Waals surface area (Å²) in [7, 11) is 0. The minimum absolute atomic E-state index is 0.0157. The molecule has 0 spiro atoms. The van der Waals surface area contributed by atoms with E-state index >= 15 is 0 Å². The van der Waals surface area contributed by atoms with Crippen molar-refractivity contribution in [2.45, 2.75) is 38.6 Å². The van der Waals surface area contributed by atoms with E-state index < -0.39 is 0 Å². The van der Waals surface area contributed by atoms with Gasteiger partial charge in [-0.25, -0.2) is 4.98 Å². The Morgan fingerprint density at radius 1 is 1.19 bits per heavy atom. The molecule has 0 unspecified atom stereocenters. The maximum Gasteiger partial charge on any atom is 0.277 e. The molecule has 31 heavy (non-hydrogen) atoms. The number of carbonyl (C=O) groups excluding carboxylic acids is 3. The predicted molar refractivity (Wildman–Crippen MR) is 114 cm³/mol. The van der Waals surface area contributed by atoms with Crippen molar-refractivity contribution < 1.29 is 14.4 Å². The van der Waals surface area contributed by atoms with Crippen LogP contribution in [0.15, 0.2) is 48.1 Å². The molecule has 0 radical (unpaired) electrons. The van der Waals surface area contributed by atoms with E-state index in [9.17, 15) is 14.4 Å². The zero-order valence-corrected chi connectivity index (χ0v) is 17.3. The summed E-state index contributed by atoms with van der Waals surface area (Å²) in [5.74, 6) is -0.192. The number of aryl methyl sites for hydroxylation is 1. The fourth-order valence-corrected chi connectivity index (χ4v) is 4.26. The highest BCUT2D eigenvalue weighted by molar-refractivity contribution is 6.19. The second-order valence-electron chi connectivity index (χ2n) is 8.24. The Morgan fingerprint density at radius 2 is 2.03 bits per heavy atom. The van der Waals surface area contributed by atoms with Crippen molar-refractivity contribution in [3.63, 3.8) is 0 Å². The predicted octanol–water partition coefficient (Wildman–Crippen LogP) is 2.27. The first-order chi connectivity index (χ1) is 15.0. The summed E-state index contributed by atoms with van der Waals surface area (Å²) >= 11 is 0. The zero-order chi connectivity index (χ0) is 21.5. The fraction of sp³-hybridized carbons (Fsp3) is 0.348. The molecule has 1 N–H and O–H groups in total. The molecule has 2 aliphatic heterocycles. The maximum atomic E-state index is 12.9. The number of carbonyl (C=O) groups is 3. The monoisotopic (exact) mass is 417 g/mol. The number of nitrogens with zero attached hydrogens (tertiary/aromatic N) is 4. The Morgan fingerprint density at radius 3 is 2.74 bits per heavy atom. The topological polar surface area (TPSA) is 95.5 Å². The van der Waals surface area contributed by atoms with Crippen LogP contribution in [0.3, 0.4) is 0 Å². The Bertz CT molecular complexity index is 1110. The first kappa shape index (κ1) is 19.4. The van der Waals surface area contributed by atoms with Gasteiger partial charge in [0.2, 0.25) is 5.91 Å². The highest BCUT2D eigenvalue weighted by Gasteiger charge is 2.48. The van der Waals surface area contributed by atoms with Gasteiger partial charge in [0.1, 0.15) is 11.5 Å². The van der Waals surface area contributed by atoms with Gasteiger partial charge in [0, 0.05) is 47.9 Å². The lowest BCUT2D eigenvalue weighted by atomic mass is 10.0. The summed E-state index contributed by atoms with van der Waals surface area (Å²) in [5, 5.41) is 2.85. The standard InChI is InChI=1S/C23H23N5O3/c1-14-10-16(15-4-2-8-24-11-15)12-25-21(14)26-19(29)13-27-9-3-5-18-20(27)23(31)28(22(18)30)17-6-7-17/h2,4,8,10-12,17H,3,5-7,9,13H2,1H3,(H,25,26,29). The maximum absolute atomic E-state index is 12.9. The second-order valence-corrected chi connectivity index (χ2v) is 8.24. The molecule has 1 saturated carbocycles. The molecule has 1 fully saturated rings. The molecule has 3 aliphatic rings. The molecule has 2 aromatic heterocycles. The number of nitrogens with one attached hydrogen (secondary N) is 1. The van der Waals surface area contributed by atoms with Gasteiger partial charge < -0.3 is 10.2 Å². The van der Waals surface area contributed by atoms with Crippen molar-refractivity contribution in [2.24, 2.45) is 0 Å². The fourth-order valence-electron chi connectivity index (χ4n) is 4.26. The Labute approximate surface area is 180 Å². The van der Waals surface area contributed by atoms with Crippen LogP contribution in [0.4, 0.5) is 5.82 Å². The van der Waals surface area contributed by atoms with Crippen LogP contribution in [-0.4, -0.2) is 56.6 Å². The van der Waals surface area contributed by atoms with Gasteiger partial charge in [0.05, 0.1) is 6.54 Å². The molecule has 0 bridgehead atoms. The number of rotatable bonds is 5. The molecule has 0 atom stereocenters. The van der Waals surface area contributed by atoms with Crippen LogP contribution in [0.25, 0.3) is 11.1 Å². The minimum Gasteiger partial charge on any atom is -0.357 e. The van der Waals surface area contributed by atoms with Crippen LogP contribution in [0, 0.1) is 6.92 Å². The molecule has 4 heterocycles. The summed E-state index contributed by atoms with van der Waals surface area (Å²) in [6.07, 6.45) is 8.27. The van der Waals surface area contributed by atoms with Crippen molar-refractivity contribution in [1.82, 2.24) is 19.8 Å². The number of pyridine rings is 2. The van der Waals surface area contributed by atoms with Gasteiger partial charge in [0.15, 0.2) is 0 Å². The number of imide groups is 1. The van der Waals surface area contributed by atoms with Gasteiger partial charge in [-0.05, 0) is 50.3 Å². The van der Waals surface area contributed by atoms with E-state index in [4.69, 9.17) is 0 Å². The summed E-state index contributed by atoms with van der Waals surface area (Å²) in [5.41, 5.74) is 3.68. The lowest BCUT2D eigenvalue weighted by Gasteiger charge is -2.28. The first-order valence-electron chi connectivity index (χ1n) is 10.6. The van der Waals surface area contributed by atoms with Crippen molar-refractivity contribution in [3.05, 3.63) is 53.6 Å². The summed E-state index contributed by atoms with van der Waals surface area (Å²) in [4.78, 5) is 49.9. The third-order valence-corrected chi connectivity index (χ3v) is 5.93. The van der Waals surface area contributed by atoms with Crippen molar-refractivity contribution in [2.75, 3.05) is 18.4 Å². The van der Waals surface area contributed by atoms with E-state index in [0.29, 0.717) is 30.1 Å². The summed E-state index contributed by atoms with van der Waals surface area (Å²) < 4.78 is 0. The smallest absolute Gasteiger partial charge is 0.277 e. The number of aromatic nitrogens is 2. The summed E-state index contributed by atoms with van der Waals surface area (Å²) in [6.45, 7) is 2.48. The molecule has 2 aromatic rings. The first-order valence-corrected chi connectivity index (χ1v) is 10.6. The average Bonchev–Trinajstić information content (AvgIpc) is 3.56. The molecule has 8 heteroatoms. The van der Waals surface area contributed by atoms with Crippen LogP contribution in [-0.2, 0) is 14.4 Å². The molecular formula is C23H23N5O3. The molecule has 0 saturated heterocycles. The lowest BCUT2D eigenvalue weighted by molar-refractivity contribution is -0.138. The molecular weight excluding hydrogens is 394 g/mol. The molecule has 158 valence electrons. The number of hydrogen-bond donors (Lipinski definition) is 1. The summed E-state index contributed by atoms with van der Waals surface area (Å²) in [6, 6.07) is 5.80. The van der Waals surface area contributed by atoms with Gasteiger partial charge in [-0.3, -0.25) is 24.3 Å². The van der Waals surface area contributed by atoms with Crippen LogP contribution >= 0.6 is 0 Å². The molecule has 3 amide bonds. The van der Waals surface area contributed by atoms with Crippen molar-refractivity contribution in [3.8, 4) is 11.1 Å². The largest absolute Gasteiger partial charge is 0.357 e. The van der Waals surface area contributed by atoms with Crippen LogP contribution in [0.5, 0.6) is 0 Å². The quantitative estimate of drug-likeness (QED) is 0.750. The van der Waals surface area contributed by atoms with E-state index in [1.54, 1.807) is 23.5 Å². The number of anilines is 1. The lowest BCUT2D eigenvalue weighted by Crippen LogP contribution is -2.40. The zero-order valence-electron chi connectivity index (χ0n) is 17.3. The van der Waals surface area contributed by atoms with Gasteiger partial charge in [-0.15, -0.1) is 0 Å². The average molecular weight is 417 g/mol. The van der Waals surface area contributed by atoms with E-state index in [1.165, 1.54) is 4.90 Å². The number of amides is 3. The van der Waals surface area contributed by atoms with Gasteiger partial charge in [0.25, 0.3) is 11.8 Å². The molecule has 1 aliphatic carbocycles. The highest BCUT2D eigenvalue weighted by atomic mass is 16.2. The molecule has 5 rings (SSSR count). The van der Waals surface area contributed by atoms with Gasteiger partial charge in [-0.2, -0.15) is 0 Å². The van der Waals surface area contributed by atoms with Crippen LogP contribution in [0.2, 0.25) is 0 Å². The van der Waals surface area contributed by atoms with Gasteiger partial charge >= 0.3 is 0 Å². The van der Waals surface area contributed by atoms with E-state index in [0.717, 1.165) is 36.0 Å². The van der Waals surface area contributed by atoms with Crippen LogP contribution in [0.1, 0.15) is 31.2 Å². The number of hydrogen-bond acceptors (Lipinski definition) is 6. The van der Waals surface area contributed by atoms with Gasteiger partial charge in [-0.1, -0.05) is 6.07 Å². The second kappa shape index (κ2) is 7.61. The molecule has 0 aromatic carbocycles. The van der Waals surface area contributed by atoms with E-state index in [-0.39, 0.29) is 30.3 Å².